The first-order valence-electron chi connectivity index (χ1n) is 4.92. The topological polar surface area (TPSA) is 56.4 Å². The molecule has 0 unspecified atom stereocenters. The number of hydrogen-bond acceptors (Lipinski definition) is 4. The third-order valence-corrected chi connectivity index (χ3v) is 2.94. The second kappa shape index (κ2) is 3.25. The molecule has 1 N–H and O–H groups in total. The number of rotatable bonds is 2. The molecule has 0 bridgehead atoms. The second-order valence-corrected chi connectivity index (χ2v) is 4.60. The van der Waals surface area contributed by atoms with Gasteiger partial charge in [0.15, 0.2) is 0 Å². The highest BCUT2D eigenvalue weighted by atomic mass is 16.8. The van der Waals surface area contributed by atoms with E-state index in [0.29, 0.717) is 5.75 Å². The van der Waals surface area contributed by atoms with E-state index in [1.54, 1.807) is 12.4 Å². The summed E-state index contributed by atoms with van der Waals surface area (Å²) in [6.07, 6.45) is 3.22. The second-order valence-electron chi connectivity index (χ2n) is 4.60. The van der Waals surface area contributed by atoms with Gasteiger partial charge in [0.25, 0.3) is 0 Å². The molecule has 0 saturated carbocycles. The molecule has 0 amide bonds. The van der Waals surface area contributed by atoms with Crippen LogP contribution in [0.15, 0.2) is 12.4 Å². The van der Waals surface area contributed by atoms with E-state index < -0.39 is 7.32 Å². The minimum absolute atomic E-state index is 0.374. The smallest absolute Gasteiger partial charge is 0.509 e. The summed E-state index contributed by atoms with van der Waals surface area (Å²) in [5, 5.41) is 6.43. The Balaban J connectivity index is 2.04. The summed E-state index contributed by atoms with van der Waals surface area (Å²) >= 11 is 0. The van der Waals surface area contributed by atoms with Gasteiger partial charge in [0.1, 0.15) is 5.75 Å². The van der Waals surface area contributed by atoms with Gasteiger partial charge in [-0.05, 0) is 27.7 Å². The molecule has 6 heteroatoms. The zero-order valence-corrected chi connectivity index (χ0v) is 9.40. The molecule has 5 nitrogen and oxygen atoms in total. The zero-order chi connectivity index (χ0) is 11.1. The van der Waals surface area contributed by atoms with E-state index >= 15 is 0 Å². The van der Waals surface area contributed by atoms with Crippen molar-refractivity contribution < 1.29 is 14.0 Å². The van der Waals surface area contributed by atoms with Crippen molar-refractivity contribution in [3.8, 4) is 5.75 Å². The monoisotopic (exact) mass is 210 g/mol. The van der Waals surface area contributed by atoms with Gasteiger partial charge >= 0.3 is 7.32 Å². The number of nitrogens with zero attached hydrogens (tertiary/aromatic N) is 1. The molecule has 1 saturated heterocycles. The molecule has 1 fully saturated rings. The summed E-state index contributed by atoms with van der Waals surface area (Å²) in [4.78, 5) is 0. The Bertz CT molecular complexity index is 321. The molecule has 15 heavy (non-hydrogen) atoms. The Morgan fingerprint density at radius 1 is 1.27 bits per heavy atom. The van der Waals surface area contributed by atoms with Crippen LogP contribution in [0.4, 0.5) is 0 Å². The molecule has 1 aromatic rings. The predicted octanol–water partition coefficient (Wildman–Crippen LogP) is 1.38. The Labute approximate surface area is 89.3 Å². The van der Waals surface area contributed by atoms with Crippen LogP contribution in [0.3, 0.4) is 0 Å². The molecule has 1 aromatic heterocycles. The number of aromatic amines is 1. The van der Waals surface area contributed by atoms with Crippen LogP contribution < -0.4 is 4.65 Å². The number of aromatic nitrogens is 2. The van der Waals surface area contributed by atoms with Crippen LogP contribution >= 0.6 is 0 Å². The minimum atomic E-state index is -0.674. The van der Waals surface area contributed by atoms with Gasteiger partial charge in [-0.15, -0.1) is 0 Å². The van der Waals surface area contributed by atoms with Crippen molar-refractivity contribution in [2.45, 2.75) is 38.9 Å². The van der Waals surface area contributed by atoms with Crippen LogP contribution in [0.1, 0.15) is 27.7 Å². The van der Waals surface area contributed by atoms with E-state index in [2.05, 4.69) is 10.2 Å². The Kier molecular flexibility index (Phi) is 2.28. The molecule has 1 aliphatic heterocycles. The van der Waals surface area contributed by atoms with Gasteiger partial charge in [-0.3, -0.25) is 5.10 Å². The maximum atomic E-state index is 5.65. The lowest BCUT2D eigenvalue weighted by Gasteiger charge is -2.31. The first kappa shape index (κ1) is 10.5. The first-order valence-corrected chi connectivity index (χ1v) is 4.92. The zero-order valence-electron chi connectivity index (χ0n) is 9.40. The average molecular weight is 210 g/mol. The molecular weight excluding hydrogens is 195 g/mol. The lowest BCUT2D eigenvalue weighted by Crippen LogP contribution is -2.41. The van der Waals surface area contributed by atoms with E-state index in [0.717, 1.165) is 0 Å². The summed E-state index contributed by atoms with van der Waals surface area (Å²) in [6, 6.07) is 0. The van der Waals surface area contributed by atoms with Gasteiger partial charge in [-0.25, -0.2) is 0 Å². The molecule has 1 aliphatic rings. The van der Waals surface area contributed by atoms with Crippen molar-refractivity contribution in [3.63, 3.8) is 0 Å². The Morgan fingerprint density at radius 2 is 1.87 bits per heavy atom. The molecule has 82 valence electrons. The highest BCUT2D eigenvalue weighted by Crippen LogP contribution is 2.36. The van der Waals surface area contributed by atoms with E-state index in [1.807, 2.05) is 27.7 Å². The highest BCUT2D eigenvalue weighted by molar-refractivity contribution is 6.38. The van der Waals surface area contributed by atoms with E-state index in [1.165, 1.54) is 0 Å². The Morgan fingerprint density at radius 3 is 2.33 bits per heavy atom. The fourth-order valence-corrected chi connectivity index (χ4v) is 1.25. The minimum Gasteiger partial charge on any atom is -0.509 e. The summed E-state index contributed by atoms with van der Waals surface area (Å²) in [5.41, 5.74) is -0.747. The Hall–Kier alpha value is -1.01. The quantitative estimate of drug-likeness (QED) is 0.749. The van der Waals surface area contributed by atoms with Crippen LogP contribution in [0.5, 0.6) is 5.75 Å². The first-order chi connectivity index (χ1) is 6.91. The number of nitrogens with one attached hydrogen (secondary N) is 1. The number of H-pyrrole nitrogens is 1. The van der Waals surface area contributed by atoms with Gasteiger partial charge < -0.3 is 14.0 Å². The van der Waals surface area contributed by atoms with Crippen molar-refractivity contribution in [1.29, 1.82) is 0 Å². The fraction of sp³-hybridized carbons (Fsp3) is 0.667. The molecule has 0 aromatic carbocycles. The van der Waals surface area contributed by atoms with Crippen molar-refractivity contribution in [1.82, 2.24) is 10.2 Å². The summed E-state index contributed by atoms with van der Waals surface area (Å²) in [7, 11) is -0.674. The molecular formula is C9H15BN2O3. The van der Waals surface area contributed by atoms with Gasteiger partial charge in [-0.1, -0.05) is 0 Å². The molecule has 0 radical (unpaired) electrons. The largest absolute Gasteiger partial charge is 0.714 e. The number of hydrogen-bond donors (Lipinski definition) is 1. The van der Waals surface area contributed by atoms with Gasteiger partial charge in [0, 0.05) is 0 Å². The maximum Gasteiger partial charge on any atom is 0.714 e. The summed E-state index contributed by atoms with van der Waals surface area (Å²) < 4.78 is 16.8. The molecule has 2 rings (SSSR count). The lowest BCUT2D eigenvalue weighted by atomic mass is 9.90. The standard InChI is InChI=1S/C9H15BN2O3/c1-8(2)9(3,4)15-10(14-8)13-7-5-11-12-6-7/h5-6H,1-4H3,(H,11,12). The van der Waals surface area contributed by atoms with Crippen molar-refractivity contribution in [2.75, 3.05) is 0 Å². The lowest BCUT2D eigenvalue weighted by molar-refractivity contribution is 0.00578. The molecule has 2 heterocycles. The fourth-order valence-electron chi connectivity index (χ4n) is 1.25. The molecule has 0 aliphatic carbocycles. The van der Waals surface area contributed by atoms with Crippen LogP contribution in [0, 0.1) is 0 Å². The third kappa shape index (κ3) is 1.87. The van der Waals surface area contributed by atoms with E-state index in [9.17, 15) is 0 Å². The molecule has 0 spiro atoms. The van der Waals surface area contributed by atoms with Gasteiger partial charge in [-0.2, -0.15) is 5.10 Å². The van der Waals surface area contributed by atoms with Crippen molar-refractivity contribution >= 4 is 7.32 Å². The maximum absolute atomic E-state index is 5.65. The van der Waals surface area contributed by atoms with Crippen LogP contribution in [0.2, 0.25) is 0 Å². The van der Waals surface area contributed by atoms with Crippen molar-refractivity contribution in [2.24, 2.45) is 0 Å². The predicted molar refractivity (Wildman–Crippen MR) is 55.3 cm³/mol. The average Bonchev–Trinajstić information content (AvgIpc) is 2.59. The summed E-state index contributed by atoms with van der Waals surface area (Å²) in [5.74, 6) is 0.605. The van der Waals surface area contributed by atoms with Gasteiger partial charge in [0.05, 0.1) is 23.6 Å². The van der Waals surface area contributed by atoms with Crippen LogP contribution in [-0.2, 0) is 9.31 Å². The summed E-state index contributed by atoms with van der Waals surface area (Å²) in [6.45, 7) is 7.91. The van der Waals surface area contributed by atoms with Crippen LogP contribution in [-0.4, -0.2) is 28.7 Å². The van der Waals surface area contributed by atoms with E-state index in [4.69, 9.17) is 14.0 Å². The molecule has 0 atom stereocenters. The van der Waals surface area contributed by atoms with Crippen LogP contribution in [0.25, 0.3) is 0 Å². The highest BCUT2D eigenvalue weighted by Gasteiger charge is 2.54. The van der Waals surface area contributed by atoms with Gasteiger partial charge in [0.2, 0.25) is 0 Å². The normalized spacial score (nSPS) is 23.1. The van der Waals surface area contributed by atoms with E-state index in [-0.39, 0.29) is 11.2 Å². The third-order valence-electron chi connectivity index (χ3n) is 2.94. The van der Waals surface area contributed by atoms with Crippen molar-refractivity contribution in [3.05, 3.63) is 12.4 Å². The SMILES string of the molecule is CC1(C)OB(Oc2cn[nH]c2)OC1(C)C.